The summed E-state index contributed by atoms with van der Waals surface area (Å²) in [5, 5.41) is 12.5. The zero-order valence-corrected chi connectivity index (χ0v) is 20.0. The molecular formula is C30H34N2O2. The fraction of sp³-hybridized carbons (Fsp3) is 0.367. The van der Waals surface area contributed by atoms with Crippen LogP contribution in [0.3, 0.4) is 0 Å². The average Bonchev–Trinajstić information content (AvgIpc) is 2.87. The molecule has 2 fully saturated rings. The van der Waals surface area contributed by atoms with E-state index in [9.17, 15) is 9.90 Å². The highest BCUT2D eigenvalue weighted by Crippen LogP contribution is 2.50. The largest absolute Gasteiger partial charge is 0.508 e. The lowest BCUT2D eigenvalue weighted by Gasteiger charge is -2.54. The number of hydrogen-bond acceptors (Lipinski definition) is 3. The first-order valence-corrected chi connectivity index (χ1v) is 12.4. The van der Waals surface area contributed by atoms with Crippen LogP contribution in [-0.2, 0) is 5.41 Å². The number of fused-ring (bicyclic) bond motifs is 2. The highest BCUT2D eigenvalue weighted by molar-refractivity contribution is 5.98. The Labute approximate surface area is 202 Å². The third kappa shape index (κ3) is 4.12. The molecule has 0 unspecified atom stereocenters. The van der Waals surface area contributed by atoms with Gasteiger partial charge in [0, 0.05) is 37.2 Å². The molecule has 176 valence electrons. The number of aromatic hydroxyl groups is 1. The van der Waals surface area contributed by atoms with Gasteiger partial charge in [-0.3, -0.25) is 9.69 Å². The van der Waals surface area contributed by atoms with Crippen molar-refractivity contribution in [3.63, 3.8) is 0 Å². The van der Waals surface area contributed by atoms with Gasteiger partial charge in [0.15, 0.2) is 0 Å². The highest BCUT2D eigenvalue weighted by Gasteiger charge is 2.49. The number of rotatable bonds is 5. The Bertz CT molecular complexity index is 1210. The summed E-state index contributed by atoms with van der Waals surface area (Å²) in [6, 6.07) is 22.2. The number of phenolic OH excluding ortho intramolecular Hbond substituents is 1. The standard InChI is InChI=1S/C30H34N2O2/c1-3-16-32-17-15-30(25-9-6-10-28(33)19-25)20-27(14-13-26(30)21-32)31(2)29(34)24-12-11-22-7-4-5-8-23(22)18-24/h3-12,18-19,26-27,33H,1,13-17,20-21H2,2H3/t26-,27-,30+/m1/s1. The molecule has 1 aliphatic carbocycles. The van der Waals surface area contributed by atoms with Gasteiger partial charge >= 0.3 is 0 Å². The zero-order chi connectivity index (χ0) is 23.7. The van der Waals surface area contributed by atoms with Crippen LogP contribution in [0.1, 0.15) is 41.6 Å². The minimum absolute atomic E-state index is 0.0305. The highest BCUT2D eigenvalue weighted by atomic mass is 16.3. The molecule has 2 aliphatic rings. The van der Waals surface area contributed by atoms with E-state index in [4.69, 9.17) is 0 Å². The molecule has 1 aliphatic heterocycles. The Morgan fingerprint density at radius 3 is 2.74 bits per heavy atom. The number of hydrogen-bond donors (Lipinski definition) is 1. The number of piperidine rings is 1. The quantitative estimate of drug-likeness (QED) is 0.509. The molecular weight excluding hydrogens is 420 g/mol. The van der Waals surface area contributed by atoms with E-state index in [1.165, 1.54) is 5.56 Å². The molecule has 3 atom stereocenters. The molecule has 1 amide bonds. The van der Waals surface area contributed by atoms with Gasteiger partial charge in [0.1, 0.15) is 5.75 Å². The molecule has 5 rings (SSSR count). The van der Waals surface area contributed by atoms with Crippen LogP contribution in [0.2, 0.25) is 0 Å². The molecule has 1 heterocycles. The number of phenols is 1. The molecule has 3 aromatic carbocycles. The van der Waals surface area contributed by atoms with Gasteiger partial charge in [-0.25, -0.2) is 0 Å². The van der Waals surface area contributed by atoms with E-state index in [1.54, 1.807) is 6.07 Å². The van der Waals surface area contributed by atoms with Crippen LogP contribution in [0.25, 0.3) is 10.8 Å². The Hall–Kier alpha value is -3.11. The van der Waals surface area contributed by atoms with Gasteiger partial charge in [-0.15, -0.1) is 6.58 Å². The second kappa shape index (κ2) is 9.27. The topological polar surface area (TPSA) is 43.8 Å². The van der Waals surface area contributed by atoms with Crippen molar-refractivity contribution >= 4 is 16.7 Å². The number of carbonyl (C=O) groups excluding carboxylic acids is 1. The van der Waals surface area contributed by atoms with Crippen LogP contribution in [0.15, 0.2) is 79.4 Å². The number of benzene rings is 3. The molecule has 4 nitrogen and oxygen atoms in total. The van der Waals surface area contributed by atoms with Gasteiger partial charge in [0.25, 0.3) is 5.91 Å². The summed E-state index contributed by atoms with van der Waals surface area (Å²) < 4.78 is 0. The van der Waals surface area contributed by atoms with Crippen molar-refractivity contribution < 1.29 is 9.90 Å². The van der Waals surface area contributed by atoms with Gasteiger partial charge in [0.05, 0.1) is 0 Å². The molecule has 0 radical (unpaired) electrons. The Morgan fingerprint density at radius 1 is 1.12 bits per heavy atom. The first-order chi connectivity index (χ1) is 16.5. The van der Waals surface area contributed by atoms with Crippen LogP contribution >= 0.6 is 0 Å². The second-order valence-corrected chi connectivity index (χ2v) is 10.1. The lowest BCUT2D eigenvalue weighted by molar-refractivity contribution is 0.0221. The van der Waals surface area contributed by atoms with E-state index in [-0.39, 0.29) is 17.4 Å². The molecule has 1 saturated carbocycles. The molecule has 0 spiro atoms. The third-order valence-electron chi connectivity index (χ3n) is 8.26. The SMILES string of the molecule is C=CCN1CC[C@@]2(c3cccc(O)c3)C[C@H](N(C)C(=O)c3ccc4ccccc4c3)CC[C@@H]2C1. The normalized spacial score (nSPS) is 25.0. The van der Waals surface area contributed by atoms with Gasteiger partial charge in [-0.1, -0.05) is 48.5 Å². The lowest BCUT2D eigenvalue weighted by atomic mass is 9.57. The molecule has 3 aromatic rings. The summed E-state index contributed by atoms with van der Waals surface area (Å²) in [6.45, 7) is 6.89. The Morgan fingerprint density at radius 2 is 1.94 bits per heavy atom. The fourth-order valence-electron chi connectivity index (χ4n) is 6.38. The second-order valence-electron chi connectivity index (χ2n) is 10.1. The molecule has 4 heteroatoms. The first kappa shape index (κ1) is 22.7. The van der Waals surface area contributed by atoms with Gasteiger partial charge in [-0.05, 0) is 78.7 Å². The predicted molar refractivity (Wildman–Crippen MR) is 138 cm³/mol. The van der Waals surface area contributed by atoms with E-state index in [0.29, 0.717) is 11.7 Å². The summed E-state index contributed by atoms with van der Waals surface area (Å²) in [4.78, 5) is 18.0. The van der Waals surface area contributed by atoms with Crippen molar-refractivity contribution in [2.24, 2.45) is 5.92 Å². The van der Waals surface area contributed by atoms with Crippen molar-refractivity contribution in [2.75, 3.05) is 26.7 Å². The Balaban J connectivity index is 1.43. The number of amides is 1. The maximum Gasteiger partial charge on any atom is 0.253 e. The van der Waals surface area contributed by atoms with E-state index >= 15 is 0 Å². The molecule has 0 aromatic heterocycles. The van der Waals surface area contributed by atoms with Gasteiger partial charge in [-0.2, -0.15) is 0 Å². The van der Waals surface area contributed by atoms with Crippen molar-refractivity contribution in [1.82, 2.24) is 9.80 Å². The predicted octanol–water partition coefficient (Wildman–Crippen LogP) is 5.62. The summed E-state index contributed by atoms with van der Waals surface area (Å²) in [5.74, 6) is 0.912. The summed E-state index contributed by atoms with van der Waals surface area (Å²) in [5.41, 5.74) is 1.93. The van der Waals surface area contributed by atoms with Crippen molar-refractivity contribution in [3.8, 4) is 5.75 Å². The first-order valence-electron chi connectivity index (χ1n) is 12.4. The summed E-state index contributed by atoms with van der Waals surface area (Å²) >= 11 is 0. The van der Waals surface area contributed by atoms with E-state index in [1.807, 2.05) is 60.5 Å². The summed E-state index contributed by atoms with van der Waals surface area (Å²) in [7, 11) is 1.96. The Kier molecular flexibility index (Phi) is 6.18. The lowest BCUT2D eigenvalue weighted by Crippen LogP contribution is -2.56. The minimum Gasteiger partial charge on any atom is -0.508 e. The van der Waals surface area contributed by atoms with E-state index in [2.05, 4.69) is 29.7 Å². The minimum atomic E-state index is -0.0305. The monoisotopic (exact) mass is 454 g/mol. The molecule has 34 heavy (non-hydrogen) atoms. The third-order valence-corrected chi connectivity index (χ3v) is 8.26. The maximum absolute atomic E-state index is 13.5. The zero-order valence-electron chi connectivity index (χ0n) is 20.0. The molecule has 1 saturated heterocycles. The van der Waals surface area contributed by atoms with Crippen LogP contribution in [0, 0.1) is 5.92 Å². The average molecular weight is 455 g/mol. The van der Waals surface area contributed by atoms with Crippen molar-refractivity contribution in [3.05, 3.63) is 90.5 Å². The van der Waals surface area contributed by atoms with Gasteiger partial charge < -0.3 is 10.0 Å². The van der Waals surface area contributed by atoms with E-state index in [0.717, 1.165) is 61.7 Å². The van der Waals surface area contributed by atoms with Crippen LogP contribution < -0.4 is 0 Å². The van der Waals surface area contributed by atoms with E-state index < -0.39 is 0 Å². The summed E-state index contributed by atoms with van der Waals surface area (Å²) in [6.07, 6.45) is 6.03. The maximum atomic E-state index is 13.5. The van der Waals surface area contributed by atoms with Crippen LogP contribution in [0.4, 0.5) is 0 Å². The van der Waals surface area contributed by atoms with Crippen molar-refractivity contribution in [2.45, 2.75) is 37.1 Å². The number of likely N-dealkylation sites (tertiary alicyclic amines) is 1. The molecule has 0 bridgehead atoms. The van der Waals surface area contributed by atoms with Crippen molar-refractivity contribution in [1.29, 1.82) is 0 Å². The number of carbonyl (C=O) groups is 1. The van der Waals surface area contributed by atoms with Gasteiger partial charge in [0.2, 0.25) is 0 Å². The number of nitrogens with zero attached hydrogens (tertiary/aromatic N) is 2. The fourth-order valence-corrected chi connectivity index (χ4v) is 6.38. The van der Waals surface area contributed by atoms with Crippen LogP contribution in [-0.4, -0.2) is 53.5 Å². The van der Waals surface area contributed by atoms with Crippen LogP contribution in [0.5, 0.6) is 5.75 Å². The molecule has 1 N–H and O–H groups in total. The smallest absolute Gasteiger partial charge is 0.253 e.